The second-order valence-corrected chi connectivity index (χ2v) is 8.97. The average Bonchev–Trinajstić information content (AvgIpc) is 3.11. The summed E-state index contributed by atoms with van der Waals surface area (Å²) < 4.78 is 44.4. The molecule has 1 aliphatic rings. The fraction of sp³-hybridized carbons (Fsp3) is 0.409. The molecule has 11 heteroatoms. The number of halogens is 3. The largest absolute Gasteiger partial charge is 0.433 e. The topological polar surface area (TPSA) is 83.4 Å². The highest BCUT2D eigenvalue weighted by molar-refractivity contribution is 7.15. The first-order valence-electron chi connectivity index (χ1n) is 10.5. The van der Waals surface area contributed by atoms with E-state index in [1.54, 1.807) is 17.5 Å². The number of nitrogens with zero attached hydrogens (tertiary/aromatic N) is 4. The minimum atomic E-state index is -4.53. The summed E-state index contributed by atoms with van der Waals surface area (Å²) in [6.07, 6.45) is -0.932. The molecule has 0 saturated carbocycles. The van der Waals surface area contributed by atoms with Gasteiger partial charge in [-0.2, -0.15) is 13.2 Å². The van der Waals surface area contributed by atoms with E-state index in [1.165, 1.54) is 0 Å². The molecular formula is C22H24F3N5O2S. The monoisotopic (exact) mass is 479 g/mol. The number of aromatic nitrogens is 3. The van der Waals surface area contributed by atoms with Crippen molar-refractivity contribution in [2.45, 2.75) is 32.2 Å². The molecule has 1 saturated heterocycles. The number of nitrogens with one attached hydrogen (secondary N) is 1. The predicted octanol–water partition coefficient (Wildman–Crippen LogP) is 4.25. The minimum Gasteiger partial charge on any atom is -0.394 e. The molecule has 33 heavy (non-hydrogen) atoms. The van der Waals surface area contributed by atoms with Crippen molar-refractivity contribution < 1.29 is 23.0 Å². The number of rotatable bonds is 6. The summed E-state index contributed by atoms with van der Waals surface area (Å²) in [6.45, 7) is 4.74. The Hall–Kier alpha value is -2.60. The number of aliphatic hydroxyl groups is 1. The maximum atomic E-state index is 12.9. The molecule has 0 aliphatic carbocycles. The molecule has 1 aliphatic heterocycles. The molecule has 4 rings (SSSR count). The Morgan fingerprint density at radius 3 is 2.91 bits per heavy atom. The van der Waals surface area contributed by atoms with Crippen molar-refractivity contribution in [1.29, 1.82) is 0 Å². The lowest BCUT2D eigenvalue weighted by molar-refractivity contribution is -0.141. The van der Waals surface area contributed by atoms with Gasteiger partial charge in [0.2, 0.25) is 5.95 Å². The Kier molecular flexibility index (Phi) is 7.23. The van der Waals surface area contributed by atoms with Crippen LogP contribution in [0, 0.1) is 6.92 Å². The van der Waals surface area contributed by atoms with Crippen molar-refractivity contribution in [1.82, 2.24) is 19.9 Å². The summed E-state index contributed by atoms with van der Waals surface area (Å²) in [4.78, 5) is 15.2. The lowest BCUT2D eigenvalue weighted by Crippen LogP contribution is -2.33. The Bertz CT molecular complexity index is 1090. The van der Waals surface area contributed by atoms with E-state index in [0.717, 1.165) is 46.2 Å². The quantitative estimate of drug-likeness (QED) is 0.547. The zero-order valence-electron chi connectivity index (χ0n) is 18.0. The van der Waals surface area contributed by atoms with Gasteiger partial charge in [-0.1, -0.05) is 6.07 Å². The third kappa shape index (κ3) is 6.26. The van der Waals surface area contributed by atoms with E-state index >= 15 is 0 Å². The van der Waals surface area contributed by atoms with Crippen LogP contribution in [0.3, 0.4) is 0 Å². The summed E-state index contributed by atoms with van der Waals surface area (Å²) in [7, 11) is 0. The molecule has 0 amide bonds. The molecule has 2 N–H and O–H groups in total. The van der Waals surface area contributed by atoms with Gasteiger partial charge in [0.05, 0.1) is 24.1 Å². The van der Waals surface area contributed by atoms with Crippen LogP contribution in [-0.4, -0.2) is 57.4 Å². The lowest BCUT2D eigenvalue weighted by Gasteiger charge is -2.21. The first kappa shape index (κ1) is 23.6. The Balaban J connectivity index is 1.50. The normalized spacial score (nSPS) is 17.7. The molecule has 2 aromatic heterocycles. The summed E-state index contributed by atoms with van der Waals surface area (Å²) in [6, 6.07) is 6.50. The first-order chi connectivity index (χ1) is 15.8. The van der Waals surface area contributed by atoms with Crippen LogP contribution < -0.4 is 5.32 Å². The number of ether oxygens (including phenoxy) is 1. The maximum absolute atomic E-state index is 12.9. The van der Waals surface area contributed by atoms with Gasteiger partial charge in [0, 0.05) is 37.8 Å². The van der Waals surface area contributed by atoms with Crippen LogP contribution in [0.5, 0.6) is 0 Å². The fourth-order valence-corrected chi connectivity index (χ4v) is 4.58. The van der Waals surface area contributed by atoms with E-state index < -0.39 is 11.9 Å². The zero-order valence-corrected chi connectivity index (χ0v) is 18.8. The van der Waals surface area contributed by atoms with Gasteiger partial charge in [-0.25, -0.2) is 15.0 Å². The molecule has 0 radical (unpaired) electrons. The molecule has 3 heterocycles. The van der Waals surface area contributed by atoms with Crippen molar-refractivity contribution in [3.05, 3.63) is 52.9 Å². The Labute approximate surface area is 193 Å². The third-order valence-corrected chi connectivity index (χ3v) is 6.15. The molecule has 1 unspecified atom stereocenters. The van der Waals surface area contributed by atoms with E-state index in [2.05, 4.69) is 25.2 Å². The van der Waals surface area contributed by atoms with Crippen molar-refractivity contribution >= 4 is 23.0 Å². The van der Waals surface area contributed by atoms with Gasteiger partial charge in [0.25, 0.3) is 0 Å². The van der Waals surface area contributed by atoms with Crippen LogP contribution in [-0.2, 0) is 17.5 Å². The maximum Gasteiger partial charge on any atom is 0.433 e. The summed E-state index contributed by atoms with van der Waals surface area (Å²) in [5.41, 5.74) is 1.44. The van der Waals surface area contributed by atoms with E-state index in [1.807, 2.05) is 25.1 Å². The van der Waals surface area contributed by atoms with E-state index in [9.17, 15) is 18.3 Å². The van der Waals surface area contributed by atoms with Crippen LogP contribution in [0.4, 0.5) is 24.8 Å². The SMILES string of the molecule is Cc1cc(Nc2nccc(C(F)(F)F)n2)cc(-c2cnc(CN3CCCOC(CO)C3)s2)c1. The molecule has 1 fully saturated rings. The number of anilines is 2. The van der Waals surface area contributed by atoms with Crippen molar-refractivity contribution in [3.63, 3.8) is 0 Å². The minimum absolute atomic E-state index is 0.00567. The van der Waals surface area contributed by atoms with Gasteiger partial charge in [-0.05, 0) is 42.7 Å². The number of aliphatic hydroxyl groups excluding tert-OH is 1. The number of aryl methyl sites for hydroxylation is 1. The molecule has 0 spiro atoms. The molecular weight excluding hydrogens is 455 g/mol. The van der Waals surface area contributed by atoms with Crippen LogP contribution in [0.25, 0.3) is 10.4 Å². The van der Waals surface area contributed by atoms with Gasteiger partial charge in [-0.3, -0.25) is 4.90 Å². The van der Waals surface area contributed by atoms with Crippen LogP contribution in [0.2, 0.25) is 0 Å². The van der Waals surface area contributed by atoms with Crippen LogP contribution in [0.15, 0.2) is 36.7 Å². The summed E-state index contributed by atoms with van der Waals surface area (Å²) in [5.74, 6) is -0.117. The van der Waals surface area contributed by atoms with Crippen molar-refractivity contribution in [2.75, 3.05) is 31.6 Å². The number of hydrogen-bond acceptors (Lipinski definition) is 8. The Morgan fingerprint density at radius 1 is 1.27 bits per heavy atom. The van der Waals surface area contributed by atoms with Gasteiger partial charge < -0.3 is 15.2 Å². The summed E-state index contributed by atoms with van der Waals surface area (Å²) >= 11 is 1.56. The first-order valence-corrected chi connectivity index (χ1v) is 11.3. The van der Waals surface area contributed by atoms with E-state index in [-0.39, 0.29) is 18.7 Å². The molecule has 1 aromatic carbocycles. The highest BCUT2D eigenvalue weighted by Gasteiger charge is 2.32. The average molecular weight is 480 g/mol. The number of alkyl halides is 3. The smallest absolute Gasteiger partial charge is 0.394 e. The van der Waals surface area contributed by atoms with Crippen LogP contribution in [0.1, 0.15) is 22.7 Å². The Morgan fingerprint density at radius 2 is 2.12 bits per heavy atom. The highest BCUT2D eigenvalue weighted by Crippen LogP contribution is 2.32. The zero-order chi connectivity index (χ0) is 23.4. The van der Waals surface area contributed by atoms with Gasteiger partial charge >= 0.3 is 6.18 Å². The van der Waals surface area contributed by atoms with Gasteiger partial charge in [0.15, 0.2) is 0 Å². The third-order valence-electron chi connectivity index (χ3n) is 5.11. The second kappa shape index (κ2) is 10.1. The fourth-order valence-electron chi connectivity index (χ4n) is 3.64. The van der Waals surface area contributed by atoms with E-state index in [0.29, 0.717) is 25.4 Å². The van der Waals surface area contributed by atoms with Crippen molar-refractivity contribution in [2.24, 2.45) is 0 Å². The van der Waals surface area contributed by atoms with Crippen LogP contribution >= 0.6 is 11.3 Å². The second-order valence-electron chi connectivity index (χ2n) is 7.86. The lowest BCUT2D eigenvalue weighted by atomic mass is 10.1. The number of thiazole rings is 1. The summed E-state index contributed by atoms with van der Waals surface area (Å²) in [5, 5.41) is 13.2. The standard InChI is InChI=1S/C22H24F3N5O2S/c1-14-7-15(9-16(8-14)28-21-26-4-3-19(29-21)22(23,24)25)18-10-27-20(33-18)12-30-5-2-6-32-17(11-30)13-31/h3-4,7-10,17,31H,2,5-6,11-13H2,1H3,(H,26,28,29). The molecule has 3 aromatic rings. The number of benzene rings is 1. The number of hydrogen-bond donors (Lipinski definition) is 2. The molecule has 1 atom stereocenters. The predicted molar refractivity (Wildman–Crippen MR) is 119 cm³/mol. The highest BCUT2D eigenvalue weighted by atomic mass is 32.1. The van der Waals surface area contributed by atoms with E-state index in [4.69, 9.17) is 4.74 Å². The van der Waals surface area contributed by atoms with Crippen molar-refractivity contribution in [3.8, 4) is 10.4 Å². The molecule has 7 nitrogen and oxygen atoms in total. The molecule has 176 valence electrons. The van der Waals surface area contributed by atoms with Gasteiger partial charge in [-0.15, -0.1) is 11.3 Å². The van der Waals surface area contributed by atoms with Gasteiger partial charge in [0.1, 0.15) is 10.7 Å². The molecule has 0 bridgehead atoms.